The van der Waals surface area contributed by atoms with Gasteiger partial charge in [0.15, 0.2) is 0 Å². The fraction of sp³-hybridized carbons (Fsp3) is 0.923. The van der Waals surface area contributed by atoms with Gasteiger partial charge in [0.2, 0.25) is 5.91 Å². The average Bonchev–Trinajstić information content (AvgIpc) is 2.76. The molecule has 0 radical (unpaired) electrons. The Labute approximate surface area is 105 Å². The number of nitrogens with two attached hydrogens (primary N) is 1. The van der Waals surface area contributed by atoms with Gasteiger partial charge in [-0.2, -0.15) is 0 Å². The molecular weight excluding hydrogens is 214 g/mol. The number of hydrogen-bond acceptors (Lipinski definition) is 3. The van der Waals surface area contributed by atoms with E-state index < -0.39 is 0 Å². The van der Waals surface area contributed by atoms with E-state index in [0.717, 1.165) is 19.5 Å². The highest BCUT2D eigenvalue weighted by Gasteiger charge is 2.20. The zero-order chi connectivity index (χ0) is 12.8. The largest absolute Gasteiger partial charge is 0.343 e. The highest BCUT2D eigenvalue weighted by molar-refractivity contribution is 5.81. The predicted octanol–water partition coefficient (Wildman–Crippen LogP) is 0.914. The first kappa shape index (κ1) is 14.5. The van der Waals surface area contributed by atoms with Gasteiger partial charge in [0.1, 0.15) is 0 Å². The van der Waals surface area contributed by atoms with Crippen molar-refractivity contribution in [1.29, 1.82) is 0 Å². The van der Waals surface area contributed by atoms with Gasteiger partial charge in [-0.3, -0.25) is 4.79 Å². The maximum Gasteiger partial charge on any atom is 0.239 e. The normalized spacial score (nSPS) is 18.6. The van der Waals surface area contributed by atoms with Gasteiger partial charge in [0.25, 0.3) is 0 Å². The molecular formula is C13H27N3O. The number of hydrogen-bond donors (Lipinski definition) is 1. The molecule has 17 heavy (non-hydrogen) atoms. The average molecular weight is 241 g/mol. The second-order valence-electron chi connectivity index (χ2n) is 5.54. The van der Waals surface area contributed by atoms with Crippen molar-refractivity contribution in [2.24, 2.45) is 11.7 Å². The van der Waals surface area contributed by atoms with Crippen LogP contribution in [0.3, 0.4) is 0 Å². The van der Waals surface area contributed by atoms with Crippen LogP contribution in [0, 0.1) is 5.92 Å². The summed E-state index contributed by atoms with van der Waals surface area (Å²) in [7, 11) is 1.86. The maximum absolute atomic E-state index is 12.0. The summed E-state index contributed by atoms with van der Waals surface area (Å²) < 4.78 is 0. The van der Waals surface area contributed by atoms with E-state index in [2.05, 4.69) is 18.7 Å². The van der Waals surface area contributed by atoms with E-state index in [-0.39, 0.29) is 11.9 Å². The summed E-state index contributed by atoms with van der Waals surface area (Å²) in [6.07, 6.45) is 3.36. The summed E-state index contributed by atoms with van der Waals surface area (Å²) in [5.74, 6) is 0.554. The number of likely N-dealkylation sites (tertiary alicyclic amines) is 1. The number of nitrogens with zero attached hydrogens (tertiary/aromatic N) is 2. The molecule has 0 spiro atoms. The van der Waals surface area contributed by atoms with Crippen LogP contribution >= 0.6 is 0 Å². The lowest BCUT2D eigenvalue weighted by Gasteiger charge is -2.24. The van der Waals surface area contributed by atoms with Gasteiger partial charge in [-0.1, -0.05) is 13.8 Å². The smallest absolute Gasteiger partial charge is 0.239 e. The zero-order valence-electron chi connectivity index (χ0n) is 11.5. The van der Waals surface area contributed by atoms with E-state index in [0.29, 0.717) is 5.92 Å². The molecule has 4 nitrogen and oxygen atoms in total. The van der Waals surface area contributed by atoms with E-state index in [9.17, 15) is 4.79 Å². The fourth-order valence-electron chi connectivity index (χ4n) is 2.30. The lowest BCUT2D eigenvalue weighted by Crippen LogP contribution is -2.44. The van der Waals surface area contributed by atoms with E-state index in [1.54, 1.807) is 4.90 Å². The Morgan fingerprint density at radius 1 is 1.35 bits per heavy atom. The summed E-state index contributed by atoms with van der Waals surface area (Å²) in [6.45, 7) is 8.33. The van der Waals surface area contributed by atoms with E-state index in [1.807, 2.05) is 7.05 Å². The van der Waals surface area contributed by atoms with Gasteiger partial charge >= 0.3 is 0 Å². The molecule has 1 fully saturated rings. The quantitative estimate of drug-likeness (QED) is 0.752. The number of rotatable bonds is 6. The van der Waals surface area contributed by atoms with Crippen LogP contribution in [0.4, 0.5) is 0 Å². The van der Waals surface area contributed by atoms with Crippen LogP contribution in [0.2, 0.25) is 0 Å². The van der Waals surface area contributed by atoms with Crippen molar-refractivity contribution < 1.29 is 4.79 Å². The number of likely N-dealkylation sites (N-methyl/N-ethyl adjacent to an activating group) is 1. The summed E-state index contributed by atoms with van der Waals surface area (Å²) in [5, 5.41) is 0. The minimum absolute atomic E-state index is 0.0814. The van der Waals surface area contributed by atoms with Crippen LogP contribution in [-0.4, -0.2) is 55.0 Å². The molecule has 0 aromatic rings. The minimum atomic E-state index is -0.335. The highest BCUT2D eigenvalue weighted by Crippen LogP contribution is 2.08. The monoisotopic (exact) mass is 241 g/mol. The van der Waals surface area contributed by atoms with Crippen molar-refractivity contribution >= 4 is 5.91 Å². The Balaban J connectivity index is 2.25. The van der Waals surface area contributed by atoms with E-state index in [4.69, 9.17) is 5.73 Å². The maximum atomic E-state index is 12.0. The molecule has 0 aromatic heterocycles. The first-order chi connectivity index (χ1) is 8.00. The Morgan fingerprint density at radius 3 is 2.47 bits per heavy atom. The van der Waals surface area contributed by atoms with Gasteiger partial charge in [-0.05, 0) is 38.3 Å². The van der Waals surface area contributed by atoms with Crippen LogP contribution in [0.1, 0.15) is 33.1 Å². The lowest BCUT2D eigenvalue weighted by molar-refractivity contribution is -0.131. The molecule has 1 atom stereocenters. The number of carbonyl (C=O) groups excluding carboxylic acids is 1. The molecule has 0 bridgehead atoms. The molecule has 1 heterocycles. The third kappa shape index (κ3) is 5.04. The molecule has 0 saturated carbocycles. The van der Waals surface area contributed by atoms with Gasteiger partial charge in [0, 0.05) is 20.1 Å². The minimum Gasteiger partial charge on any atom is -0.343 e. The molecule has 1 rings (SSSR count). The number of amides is 1. The van der Waals surface area contributed by atoms with Crippen molar-refractivity contribution in [1.82, 2.24) is 9.80 Å². The van der Waals surface area contributed by atoms with Gasteiger partial charge in [-0.25, -0.2) is 0 Å². The van der Waals surface area contributed by atoms with E-state index >= 15 is 0 Å². The van der Waals surface area contributed by atoms with Crippen LogP contribution in [-0.2, 0) is 4.79 Å². The number of carbonyl (C=O) groups is 1. The molecule has 1 amide bonds. The molecule has 1 aliphatic heterocycles. The summed E-state index contributed by atoms with van der Waals surface area (Å²) in [5.41, 5.74) is 5.90. The van der Waals surface area contributed by atoms with Crippen LogP contribution in [0.15, 0.2) is 0 Å². The van der Waals surface area contributed by atoms with Crippen molar-refractivity contribution in [3.8, 4) is 0 Å². The first-order valence-corrected chi connectivity index (χ1v) is 6.73. The molecule has 100 valence electrons. The Bertz CT molecular complexity index is 237. The Morgan fingerprint density at radius 2 is 1.94 bits per heavy atom. The zero-order valence-corrected chi connectivity index (χ0v) is 11.5. The van der Waals surface area contributed by atoms with Crippen LogP contribution in [0.25, 0.3) is 0 Å². The molecule has 0 aromatic carbocycles. The molecule has 4 heteroatoms. The third-order valence-electron chi connectivity index (χ3n) is 3.37. The Hall–Kier alpha value is -0.610. The topological polar surface area (TPSA) is 49.6 Å². The molecule has 0 unspecified atom stereocenters. The molecule has 2 N–H and O–H groups in total. The molecule has 0 aliphatic carbocycles. The second-order valence-corrected chi connectivity index (χ2v) is 5.54. The van der Waals surface area contributed by atoms with E-state index in [1.165, 1.54) is 25.9 Å². The Kier molecular flexibility index (Phi) is 5.92. The second kappa shape index (κ2) is 6.97. The summed E-state index contributed by atoms with van der Waals surface area (Å²) in [4.78, 5) is 16.2. The van der Waals surface area contributed by atoms with Crippen molar-refractivity contribution in [3.05, 3.63) is 0 Å². The highest BCUT2D eigenvalue weighted by atomic mass is 16.2. The fourth-order valence-corrected chi connectivity index (χ4v) is 2.30. The van der Waals surface area contributed by atoms with Gasteiger partial charge in [-0.15, -0.1) is 0 Å². The SMILES string of the molecule is CC(C)C[C@@H](N)C(=O)N(C)CCN1CCCC1. The third-order valence-corrected chi connectivity index (χ3v) is 3.37. The van der Waals surface area contributed by atoms with Crippen molar-refractivity contribution in [2.45, 2.75) is 39.2 Å². The molecule has 1 aliphatic rings. The summed E-state index contributed by atoms with van der Waals surface area (Å²) >= 11 is 0. The standard InChI is InChI=1S/C13H27N3O/c1-11(2)10-12(14)13(17)15(3)8-9-16-6-4-5-7-16/h11-12H,4-10,14H2,1-3H3/t12-/m1/s1. The lowest BCUT2D eigenvalue weighted by atomic mass is 10.0. The van der Waals surface area contributed by atoms with Gasteiger partial charge < -0.3 is 15.5 Å². The van der Waals surface area contributed by atoms with Gasteiger partial charge in [0.05, 0.1) is 6.04 Å². The summed E-state index contributed by atoms with van der Waals surface area (Å²) in [6, 6.07) is -0.335. The first-order valence-electron chi connectivity index (χ1n) is 6.73. The van der Waals surface area contributed by atoms with Crippen LogP contribution < -0.4 is 5.73 Å². The van der Waals surface area contributed by atoms with Crippen molar-refractivity contribution in [2.75, 3.05) is 33.2 Å². The molecule has 1 saturated heterocycles. The van der Waals surface area contributed by atoms with Crippen LogP contribution in [0.5, 0.6) is 0 Å². The van der Waals surface area contributed by atoms with Crippen molar-refractivity contribution in [3.63, 3.8) is 0 Å². The predicted molar refractivity (Wildman–Crippen MR) is 70.7 cm³/mol.